The van der Waals surface area contributed by atoms with Crippen molar-refractivity contribution in [1.82, 2.24) is 14.7 Å². The van der Waals surface area contributed by atoms with Crippen molar-refractivity contribution in [3.05, 3.63) is 94.7 Å². The molecular formula is C22H18ClFN4O3S. The Morgan fingerprint density at radius 1 is 1.09 bits per heavy atom. The van der Waals surface area contributed by atoms with Gasteiger partial charge in [-0.15, -0.1) is 0 Å². The normalized spacial score (nSPS) is 11.5. The molecule has 0 saturated heterocycles. The summed E-state index contributed by atoms with van der Waals surface area (Å²) in [6.45, 7) is 1.71. The molecule has 4 rings (SSSR count). The van der Waals surface area contributed by atoms with Gasteiger partial charge in [0.15, 0.2) is 0 Å². The van der Waals surface area contributed by atoms with Gasteiger partial charge in [0.1, 0.15) is 11.5 Å². The predicted molar refractivity (Wildman–Crippen MR) is 120 cm³/mol. The Kier molecular flexibility index (Phi) is 5.86. The van der Waals surface area contributed by atoms with Gasteiger partial charge in [-0.2, -0.15) is 0 Å². The van der Waals surface area contributed by atoms with Gasteiger partial charge in [0.05, 0.1) is 22.2 Å². The Labute approximate surface area is 188 Å². The molecule has 0 saturated carbocycles. The molecule has 0 aliphatic heterocycles. The second-order valence-electron chi connectivity index (χ2n) is 7.12. The largest absolute Gasteiger partial charge is 0.346 e. The Morgan fingerprint density at radius 3 is 2.56 bits per heavy atom. The molecule has 164 valence electrons. The van der Waals surface area contributed by atoms with Gasteiger partial charge in [-0.1, -0.05) is 11.6 Å². The van der Waals surface area contributed by atoms with Gasteiger partial charge in [-0.3, -0.25) is 9.52 Å². The minimum absolute atomic E-state index is 0.0491. The van der Waals surface area contributed by atoms with E-state index in [9.17, 15) is 17.6 Å². The van der Waals surface area contributed by atoms with Gasteiger partial charge < -0.3 is 9.72 Å². The average molecular weight is 473 g/mol. The van der Waals surface area contributed by atoms with Crippen LogP contribution in [-0.2, 0) is 16.6 Å². The number of hydrogen-bond acceptors (Lipinski definition) is 4. The van der Waals surface area contributed by atoms with E-state index in [1.165, 1.54) is 43.3 Å². The second-order valence-corrected chi connectivity index (χ2v) is 9.24. The van der Waals surface area contributed by atoms with E-state index < -0.39 is 15.8 Å². The van der Waals surface area contributed by atoms with Crippen LogP contribution in [0.5, 0.6) is 0 Å². The van der Waals surface area contributed by atoms with E-state index in [-0.39, 0.29) is 28.6 Å². The zero-order valence-corrected chi connectivity index (χ0v) is 18.4. The summed E-state index contributed by atoms with van der Waals surface area (Å²) in [7, 11) is -3.89. The maximum absolute atomic E-state index is 13.4. The molecule has 0 bridgehead atoms. The van der Waals surface area contributed by atoms with E-state index in [4.69, 9.17) is 11.6 Å². The number of aromatic nitrogens is 2. The first kappa shape index (κ1) is 21.8. The van der Waals surface area contributed by atoms with Crippen LogP contribution < -0.4 is 10.0 Å². The maximum atomic E-state index is 13.4. The van der Waals surface area contributed by atoms with Crippen molar-refractivity contribution in [3.63, 3.8) is 0 Å². The van der Waals surface area contributed by atoms with E-state index in [2.05, 4.69) is 15.0 Å². The van der Waals surface area contributed by atoms with Crippen LogP contribution in [0.1, 0.15) is 21.6 Å². The summed E-state index contributed by atoms with van der Waals surface area (Å²) in [5.41, 5.74) is 2.25. The molecule has 2 aromatic heterocycles. The fourth-order valence-electron chi connectivity index (χ4n) is 3.06. The maximum Gasteiger partial charge on any atom is 0.261 e. The highest BCUT2D eigenvalue weighted by atomic mass is 35.5. The van der Waals surface area contributed by atoms with Crippen LogP contribution in [0.2, 0.25) is 5.02 Å². The van der Waals surface area contributed by atoms with Gasteiger partial charge in [0, 0.05) is 23.6 Å². The van der Waals surface area contributed by atoms with Gasteiger partial charge in [0.25, 0.3) is 15.9 Å². The Bertz CT molecular complexity index is 1420. The van der Waals surface area contributed by atoms with Gasteiger partial charge >= 0.3 is 0 Å². The highest BCUT2D eigenvalue weighted by Gasteiger charge is 2.16. The third kappa shape index (κ3) is 4.74. The lowest BCUT2D eigenvalue weighted by Gasteiger charge is -2.10. The van der Waals surface area contributed by atoms with Gasteiger partial charge in [-0.05, 0) is 67.1 Å². The monoisotopic (exact) mass is 472 g/mol. The molecule has 1 amide bonds. The molecular weight excluding hydrogens is 455 g/mol. The van der Waals surface area contributed by atoms with E-state index in [1.54, 1.807) is 28.9 Å². The molecule has 0 aliphatic carbocycles. The molecule has 0 aliphatic rings. The second kappa shape index (κ2) is 8.60. The summed E-state index contributed by atoms with van der Waals surface area (Å²) in [6, 6.07) is 13.0. The molecule has 0 atom stereocenters. The lowest BCUT2D eigenvalue weighted by Crippen LogP contribution is -2.23. The van der Waals surface area contributed by atoms with E-state index in [0.29, 0.717) is 21.9 Å². The number of nitrogens with zero attached hydrogens (tertiary/aromatic N) is 2. The number of carbonyl (C=O) groups is 1. The standard InChI is InChI=1S/C22H18ClFN4O3S/c1-14-10-19(7-8-20(14)24)32(30,31)27-17-5-2-15(3-6-17)22(29)25-11-18-13-28-12-16(23)4-9-21(28)26-18/h2-10,12-13,27H,11H2,1H3,(H,25,29). The Balaban J connectivity index is 1.41. The molecule has 32 heavy (non-hydrogen) atoms. The third-order valence-electron chi connectivity index (χ3n) is 4.73. The molecule has 0 spiro atoms. The zero-order valence-electron chi connectivity index (χ0n) is 16.8. The van der Waals surface area contributed by atoms with Crippen LogP contribution in [0.15, 0.2) is 71.9 Å². The molecule has 2 aromatic carbocycles. The molecule has 4 aromatic rings. The third-order valence-corrected chi connectivity index (χ3v) is 6.34. The molecule has 10 heteroatoms. The number of aryl methyl sites for hydroxylation is 1. The molecule has 0 radical (unpaired) electrons. The minimum atomic E-state index is -3.89. The predicted octanol–water partition coefficient (Wildman–Crippen LogP) is 4.17. The van der Waals surface area contributed by atoms with Crippen molar-refractivity contribution >= 4 is 38.9 Å². The van der Waals surface area contributed by atoms with E-state index in [0.717, 1.165) is 6.07 Å². The van der Waals surface area contributed by atoms with Crippen molar-refractivity contribution < 1.29 is 17.6 Å². The first-order chi connectivity index (χ1) is 15.2. The summed E-state index contributed by atoms with van der Waals surface area (Å²) in [4.78, 5) is 16.8. The number of pyridine rings is 1. The number of nitrogens with one attached hydrogen (secondary N) is 2. The van der Waals surface area contributed by atoms with Crippen LogP contribution >= 0.6 is 11.6 Å². The van der Waals surface area contributed by atoms with Crippen molar-refractivity contribution in [3.8, 4) is 0 Å². The summed E-state index contributed by atoms with van der Waals surface area (Å²) in [5, 5.41) is 3.35. The molecule has 2 N–H and O–H groups in total. The number of fused-ring (bicyclic) bond motifs is 1. The van der Waals surface area contributed by atoms with Crippen molar-refractivity contribution in [2.24, 2.45) is 0 Å². The van der Waals surface area contributed by atoms with Crippen LogP contribution in [0, 0.1) is 12.7 Å². The first-order valence-electron chi connectivity index (χ1n) is 9.52. The van der Waals surface area contributed by atoms with Gasteiger partial charge in [-0.25, -0.2) is 17.8 Å². The smallest absolute Gasteiger partial charge is 0.261 e. The van der Waals surface area contributed by atoms with Crippen molar-refractivity contribution in [1.29, 1.82) is 0 Å². The Morgan fingerprint density at radius 2 is 1.84 bits per heavy atom. The fourth-order valence-corrected chi connectivity index (χ4v) is 4.37. The highest BCUT2D eigenvalue weighted by molar-refractivity contribution is 7.92. The summed E-state index contributed by atoms with van der Waals surface area (Å²) >= 11 is 5.96. The number of anilines is 1. The van der Waals surface area contributed by atoms with E-state index in [1.807, 2.05) is 0 Å². The highest BCUT2D eigenvalue weighted by Crippen LogP contribution is 2.19. The fraction of sp³-hybridized carbons (Fsp3) is 0.0909. The van der Waals surface area contributed by atoms with Crippen LogP contribution in [0.3, 0.4) is 0 Å². The molecule has 2 heterocycles. The number of halogens is 2. The average Bonchev–Trinajstić information content (AvgIpc) is 3.16. The van der Waals surface area contributed by atoms with E-state index >= 15 is 0 Å². The van der Waals surface area contributed by atoms with Crippen LogP contribution in [-0.4, -0.2) is 23.7 Å². The molecule has 0 fully saturated rings. The summed E-state index contributed by atoms with van der Waals surface area (Å²) < 4.78 is 42.6. The topological polar surface area (TPSA) is 92.6 Å². The minimum Gasteiger partial charge on any atom is -0.346 e. The number of carbonyl (C=O) groups excluding carboxylic acids is 1. The SMILES string of the molecule is Cc1cc(S(=O)(=O)Nc2ccc(C(=O)NCc3cn4cc(Cl)ccc4n3)cc2)ccc1F. The first-order valence-corrected chi connectivity index (χ1v) is 11.4. The number of hydrogen-bond donors (Lipinski definition) is 2. The number of rotatable bonds is 6. The number of sulfonamides is 1. The van der Waals surface area contributed by atoms with Crippen LogP contribution in [0.4, 0.5) is 10.1 Å². The lowest BCUT2D eigenvalue weighted by atomic mass is 10.2. The van der Waals surface area contributed by atoms with Crippen molar-refractivity contribution in [2.75, 3.05) is 4.72 Å². The lowest BCUT2D eigenvalue weighted by molar-refractivity contribution is 0.0950. The molecule has 0 unspecified atom stereocenters. The number of amides is 1. The van der Waals surface area contributed by atoms with Crippen molar-refractivity contribution in [2.45, 2.75) is 18.4 Å². The van der Waals surface area contributed by atoms with Crippen LogP contribution in [0.25, 0.3) is 5.65 Å². The van der Waals surface area contributed by atoms with Gasteiger partial charge in [0.2, 0.25) is 0 Å². The quantitative estimate of drug-likeness (QED) is 0.440. The summed E-state index contributed by atoms with van der Waals surface area (Å²) in [5.74, 6) is -0.810. The zero-order chi connectivity index (χ0) is 22.9. The number of imidazole rings is 1. The molecule has 7 nitrogen and oxygen atoms in total. The summed E-state index contributed by atoms with van der Waals surface area (Å²) in [6.07, 6.45) is 3.50. The number of benzene rings is 2. The Hall–Kier alpha value is -3.43.